The second kappa shape index (κ2) is 7.66. The normalized spacial score (nSPS) is 22.3. The minimum absolute atomic E-state index is 0.301. The van der Waals surface area contributed by atoms with E-state index in [1.807, 2.05) is 0 Å². The summed E-state index contributed by atoms with van der Waals surface area (Å²) in [5, 5.41) is 9.64. The molecule has 0 aliphatic carbocycles. The maximum atomic E-state index is 9.64. The number of nitrogens with zero attached hydrogens (tertiary/aromatic N) is 1. The molecule has 1 aromatic carbocycles. The Balaban J connectivity index is 2.16. The zero-order chi connectivity index (χ0) is 13.5. The van der Waals surface area contributed by atoms with E-state index in [0.717, 1.165) is 13.0 Å². The molecule has 1 aromatic rings. The Labute approximate surface area is 117 Å². The van der Waals surface area contributed by atoms with Crippen molar-refractivity contribution < 1.29 is 5.11 Å². The molecule has 1 aliphatic rings. The van der Waals surface area contributed by atoms with Gasteiger partial charge in [0.25, 0.3) is 0 Å². The summed E-state index contributed by atoms with van der Waals surface area (Å²) in [6, 6.07) is 11.7. The van der Waals surface area contributed by atoms with Crippen LogP contribution in [-0.2, 0) is 0 Å². The number of hydrogen-bond donors (Lipinski definition) is 1. The summed E-state index contributed by atoms with van der Waals surface area (Å²) < 4.78 is 0. The van der Waals surface area contributed by atoms with Gasteiger partial charge in [0.2, 0.25) is 0 Å². The van der Waals surface area contributed by atoms with Gasteiger partial charge in [0.1, 0.15) is 0 Å². The van der Waals surface area contributed by atoms with E-state index < -0.39 is 0 Å². The number of hydrogen-bond acceptors (Lipinski definition) is 2. The number of aliphatic hydroxyl groups is 1. The van der Waals surface area contributed by atoms with Crippen LogP contribution in [0.1, 0.15) is 57.1 Å². The Morgan fingerprint density at radius 3 is 2.74 bits per heavy atom. The van der Waals surface area contributed by atoms with E-state index in [2.05, 4.69) is 42.2 Å². The van der Waals surface area contributed by atoms with Crippen LogP contribution in [0.25, 0.3) is 0 Å². The maximum absolute atomic E-state index is 9.64. The predicted octanol–water partition coefficient (Wildman–Crippen LogP) is 3.76. The number of likely N-dealkylation sites (tertiary alicyclic amines) is 1. The van der Waals surface area contributed by atoms with Crippen LogP contribution in [0.2, 0.25) is 0 Å². The molecule has 0 spiro atoms. The van der Waals surface area contributed by atoms with Crippen LogP contribution in [-0.4, -0.2) is 29.2 Å². The molecular formula is C17H27NO. The Bertz CT molecular complexity index is 352. The molecule has 0 aromatic heterocycles. The molecular weight excluding hydrogens is 234 g/mol. The Kier molecular flexibility index (Phi) is 5.87. The van der Waals surface area contributed by atoms with Gasteiger partial charge in [0, 0.05) is 12.1 Å². The lowest BCUT2D eigenvalue weighted by atomic mass is 9.93. The molecule has 0 amide bonds. The van der Waals surface area contributed by atoms with Crippen LogP contribution in [0.4, 0.5) is 0 Å². The van der Waals surface area contributed by atoms with Crippen LogP contribution >= 0.6 is 0 Å². The smallest absolute Gasteiger partial charge is 0.0587 e. The lowest BCUT2D eigenvalue weighted by molar-refractivity contribution is 0.0481. The predicted molar refractivity (Wildman–Crippen MR) is 80.1 cm³/mol. The van der Waals surface area contributed by atoms with Gasteiger partial charge < -0.3 is 5.11 Å². The molecule has 1 fully saturated rings. The van der Waals surface area contributed by atoms with Gasteiger partial charge in [-0.2, -0.15) is 0 Å². The highest BCUT2D eigenvalue weighted by atomic mass is 16.3. The number of rotatable bonds is 6. The monoisotopic (exact) mass is 261 g/mol. The van der Waals surface area contributed by atoms with Gasteiger partial charge in [0.15, 0.2) is 0 Å². The second-order valence-electron chi connectivity index (χ2n) is 5.64. The second-order valence-corrected chi connectivity index (χ2v) is 5.64. The Morgan fingerprint density at radius 2 is 2.05 bits per heavy atom. The van der Waals surface area contributed by atoms with Crippen molar-refractivity contribution in [3.63, 3.8) is 0 Å². The maximum Gasteiger partial charge on any atom is 0.0587 e. The first-order valence-electron chi connectivity index (χ1n) is 7.78. The van der Waals surface area contributed by atoms with Crippen molar-refractivity contribution in [3.05, 3.63) is 35.9 Å². The molecule has 1 aliphatic heterocycles. The minimum atomic E-state index is 0.301. The fraction of sp³-hybridized carbons (Fsp3) is 0.647. The summed E-state index contributed by atoms with van der Waals surface area (Å²) >= 11 is 0. The molecule has 0 radical (unpaired) electrons. The van der Waals surface area contributed by atoms with Crippen molar-refractivity contribution in [1.29, 1.82) is 0 Å². The quantitative estimate of drug-likeness (QED) is 0.842. The van der Waals surface area contributed by atoms with E-state index in [1.54, 1.807) is 0 Å². The summed E-state index contributed by atoms with van der Waals surface area (Å²) in [4.78, 5) is 2.55. The summed E-state index contributed by atoms with van der Waals surface area (Å²) in [5.41, 5.74) is 1.41. The molecule has 1 N–H and O–H groups in total. The molecule has 2 rings (SSSR count). The van der Waals surface area contributed by atoms with E-state index in [0.29, 0.717) is 18.7 Å². The molecule has 0 saturated carbocycles. The summed E-state index contributed by atoms with van der Waals surface area (Å²) in [6.07, 6.45) is 7.38. The number of unbranched alkanes of at least 4 members (excludes halogenated alkanes) is 1. The van der Waals surface area contributed by atoms with Gasteiger partial charge in [-0.25, -0.2) is 0 Å². The first kappa shape index (κ1) is 14.5. The average molecular weight is 261 g/mol. The van der Waals surface area contributed by atoms with E-state index in [1.165, 1.54) is 37.7 Å². The van der Waals surface area contributed by atoms with E-state index in [9.17, 15) is 5.11 Å². The lowest BCUT2D eigenvalue weighted by Gasteiger charge is -2.41. The first-order valence-corrected chi connectivity index (χ1v) is 7.78. The molecule has 19 heavy (non-hydrogen) atoms. The van der Waals surface area contributed by atoms with Crippen LogP contribution in [0, 0.1) is 0 Å². The van der Waals surface area contributed by atoms with Gasteiger partial charge in [-0.3, -0.25) is 4.90 Å². The van der Waals surface area contributed by atoms with Crippen LogP contribution in [0.3, 0.4) is 0 Å². The molecule has 0 unspecified atom stereocenters. The van der Waals surface area contributed by atoms with Crippen LogP contribution in [0.15, 0.2) is 30.3 Å². The zero-order valence-electron chi connectivity index (χ0n) is 12.1. The number of benzene rings is 1. The summed E-state index contributed by atoms with van der Waals surface area (Å²) in [7, 11) is 0. The highest BCUT2D eigenvalue weighted by molar-refractivity contribution is 5.19. The molecule has 0 bridgehead atoms. The van der Waals surface area contributed by atoms with Crippen molar-refractivity contribution in [1.82, 2.24) is 4.90 Å². The standard InChI is InChI=1S/C17H27NO/c1-2-3-12-17(15-9-5-4-6-10-15)18-13-8-7-11-16(18)14-19/h4-6,9-10,16-17,19H,2-3,7-8,11-14H2,1H3/t16-,17+/m0/s1. The molecule has 2 atom stereocenters. The van der Waals surface area contributed by atoms with E-state index in [-0.39, 0.29) is 0 Å². The average Bonchev–Trinajstić information content (AvgIpc) is 2.49. The first-order chi connectivity index (χ1) is 9.36. The molecule has 1 heterocycles. The zero-order valence-corrected chi connectivity index (χ0v) is 12.1. The van der Waals surface area contributed by atoms with Gasteiger partial charge in [0.05, 0.1) is 6.61 Å². The van der Waals surface area contributed by atoms with Crippen molar-refractivity contribution in [2.45, 2.75) is 57.5 Å². The van der Waals surface area contributed by atoms with Crippen molar-refractivity contribution in [2.24, 2.45) is 0 Å². The third-order valence-corrected chi connectivity index (χ3v) is 4.30. The third kappa shape index (κ3) is 3.80. The van der Waals surface area contributed by atoms with Gasteiger partial charge >= 0.3 is 0 Å². The SMILES string of the molecule is CCCC[C@H](c1ccccc1)N1CCCC[C@H]1CO. The Morgan fingerprint density at radius 1 is 1.26 bits per heavy atom. The van der Waals surface area contributed by atoms with Crippen molar-refractivity contribution in [3.8, 4) is 0 Å². The van der Waals surface area contributed by atoms with Gasteiger partial charge in [-0.15, -0.1) is 0 Å². The van der Waals surface area contributed by atoms with E-state index >= 15 is 0 Å². The highest BCUT2D eigenvalue weighted by Gasteiger charge is 2.28. The number of piperidine rings is 1. The largest absolute Gasteiger partial charge is 0.395 e. The number of aliphatic hydroxyl groups excluding tert-OH is 1. The van der Waals surface area contributed by atoms with Crippen molar-refractivity contribution in [2.75, 3.05) is 13.2 Å². The topological polar surface area (TPSA) is 23.5 Å². The van der Waals surface area contributed by atoms with E-state index in [4.69, 9.17) is 0 Å². The van der Waals surface area contributed by atoms with Crippen LogP contribution in [0.5, 0.6) is 0 Å². The van der Waals surface area contributed by atoms with Gasteiger partial charge in [-0.1, -0.05) is 56.5 Å². The molecule has 1 saturated heterocycles. The third-order valence-electron chi connectivity index (χ3n) is 4.30. The fourth-order valence-electron chi connectivity index (χ4n) is 3.23. The van der Waals surface area contributed by atoms with Crippen LogP contribution < -0.4 is 0 Å². The minimum Gasteiger partial charge on any atom is -0.395 e. The van der Waals surface area contributed by atoms with Gasteiger partial charge in [-0.05, 0) is 31.4 Å². The van der Waals surface area contributed by atoms with Crippen molar-refractivity contribution >= 4 is 0 Å². The lowest BCUT2D eigenvalue weighted by Crippen LogP contribution is -2.44. The summed E-state index contributed by atoms with van der Waals surface area (Å²) in [5.74, 6) is 0. The molecule has 2 nitrogen and oxygen atoms in total. The fourth-order valence-corrected chi connectivity index (χ4v) is 3.23. The highest BCUT2D eigenvalue weighted by Crippen LogP contribution is 2.32. The molecule has 106 valence electrons. The molecule has 2 heteroatoms. The Hall–Kier alpha value is -0.860. The summed E-state index contributed by atoms with van der Waals surface area (Å²) in [6.45, 7) is 3.69.